The molecule has 1 aliphatic carbocycles. The van der Waals surface area contributed by atoms with E-state index < -0.39 is 0 Å². The number of anilines is 1. The lowest BCUT2D eigenvalue weighted by Gasteiger charge is -2.11. The van der Waals surface area contributed by atoms with Crippen molar-refractivity contribution in [3.63, 3.8) is 0 Å². The monoisotopic (exact) mass is 394 g/mol. The summed E-state index contributed by atoms with van der Waals surface area (Å²) in [6.45, 7) is 6.00. The zero-order valence-corrected chi connectivity index (χ0v) is 16.9. The molecule has 0 fully saturated rings. The fourth-order valence-corrected chi connectivity index (χ4v) is 5.35. The average molecular weight is 395 g/mol. The molecule has 0 atom stereocenters. The number of rotatable bonds is 6. The van der Waals surface area contributed by atoms with Crippen LogP contribution in [0.15, 0.2) is 5.16 Å². The number of carbonyl (C=O) groups excluding carboxylic acids is 2. The second kappa shape index (κ2) is 7.79. The van der Waals surface area contributed by atoms with Gasteiger partial charge in [0.1, 0.15) is 10.8 Å². The molecule has 1 amide bonds. The number of nitrogens with one attached hydrogen (secondary N) is 1. The van der Waals surface area contributed by atoms with Crippen LogP contribution in [0, 0.1) is 6.92 Å². The SMILES string of the molecule is COC(=O)c1c(NC(=O)CSc2nnc(C)n2C(C)C)sc2c1CCC2. The third-order valence-electron chi connectivity index (χ3n) is 4.25. The molecule has 140 valence electrons. The number of thioether (sulfide) groups is 1. The summed E-state index contributed by atoms with van der Waals surface area (Å²) in [7, 11) is 1.36. The predicted molar refractivity (Wildman–Crippen MR) is 102 cm³/mol. The van der Waals surface area contributed by atoms with E-state index in [-0.39, 0.29) is 23.7 Å². The molecule has 0 spiro atoms. The maximum atomic E-state index is 12.4. The molecule has 7 nitrogen and oxygen atoms in total. The van der Waals surface area contributed by atoms with E-state index in [0.717, 1.165) is 35.8 Å². The lowest BCUT2D eigenvalue weighted by Crippen LogP contribution is -2.17. The molecule has 26 heavy (non-hydrogen) atoms. The summed E-state index contributed by atoms with van der Waals surface area (Å²) in [5.74, 6) is 0.470. The third-order valence-corrected chi connectivity index (χ3v) is 6.40. The van der Waals surface area contributed by atoms with Gasteiger partial charge in [-0.15, -0.1) is 21.5 Å². The van der Waals surface area contributed by atoms with Crippen LogP contribution in [0.1, 0.15) is 52.9 Å². The van der Waals surface area contributed by atoms with Crippen LogP contribution < -0.4 is 5.32 Å². The highest BCUT2D eigenvalue weighted by molar-refractivity contribution is 7.99. The summed E-state index contributed by atoms with van der Waals surface area (Å²) in [6, 6.07) is 0.224. The van der Waals surface area contributed by atoms with Gasteiger partial charge in [0, 0.05) is 10.9 Å². The molecule has 0 aromatic carbocycles. The molecule has 1 aliphatic rings. The summed E-state index contributed by atoms with van der Waals surface area (Å²) in [6.07, 6.45) is 2.85. The first-order valence-corrected chi connectivity index (χ1v) is 10.3. The second-order valence-electron chi connectivity index (χ2n) is 6.38. The van der Waals surface area contributed by atoms with E-state index in [2.05, 4.69) is 29.4 Å². The summed E-state index contributed by atoms with van der Waals surface area (Å²) < 4.78 is 6.90. The minimum absolute atomic E-state index is 0.170. The van der Waals surface area contributed by atoms with Crippen LogP contribution in [0.3, 0.4) is 0 Å². The first-order valence-electron chi connectivity index (χ1n) is 8.49. The van der Waals surface area contributed by atoms with Gasteiger partial charge in [-0.05, 0) is 45.6 Å². The molecule has 3 rings (SSSR count). The molecular formula is C17H22N4O3S2. The van der Waals surface area contributed by atoms with Crippen molar-refractivity contribution in [1.82, 2.24) is 14.8 Å². The predicted octanol–water partition coefficient (Wildman–Crippen LogP) is 3.24. The van der Waals surface area contributed by atoms with Gasteiger partial charge in [-0.25, -0.2) is 4.79 Å². The first-order chi connectivity index (χ1) is 12.4. The molecule has 0 unspecified atom stereocenters. The van der Waals surface area contributed by atoms with E-state index in [0.29, 0.717) is 10.6 Å². The Hall–Kier alpha value is -1.87. The van der Waals surface area contributed by atoms with Crippen LogP contribution in [0.2, 0.25) is 0 Å². The van der Waals surface area contributed by atoms with E-state index in [1.54, 1.807) is 0 Å². The van der Waals surface area contributed by atoms with Crippen molar-refractivity contribution in [1.29, 1.82) is 0 Å². The number of methoxy groups -OCH3 is 1. The number of ether oxygens (including phenoxy) is 1. The van der Waals surface area contributed by atoms with Crippen molar-refractivity contribution < 1.29 is 14.3 Å². The lowest BCUT2D eigenvalue weighted by molar-refractivity contribution is -0.113. The maximum Gasteiger partial charge on any atom is 0.341 e. The Morgan fingerprint density at radius 2 is 2.12 bits per heavy atom. The van der Waals surface area contributed by atoms with Crippen molar-refractivity contribution in [2.75, 3.05) is 18.2 Å². The zero-order chi connectivity index (χ0) is 18.8. The van der Waals surface area contributed by atoms with Crippen molar-refractivity contribution in [3.05, 3.63) is 21.8 Å². The molecule has 2 aromatic rings. The second-order valence-corrected chi connectivity index (χ2v) is 8.43. The van der Waals surface area contributed by atoms with Gasteiger partial charge in [0.05, 0.1) is 18.4 Å². The first kappa shape index (κ1) is 18.9. The van der Waals surface area contributed by atoms with Gasteiger partial charge >= 0.3 is 5.97 Å². The van der Waals surface area contributed by atoms with Crippen molar-refractivity contribution >= 4 is 40.0 Å². The number of thiophene rings is 1. The van der Waals surface area contributed by atoms with E-state index in [1.807, 2.05) is 11.5 Å². The van der Waals surface area contributed by atoms with Gasteiger partial charge in [0.2, 0.25) is 5.91 Å². The number of amides is 1. The van der Waals surface area contributed by atoms with Crippen LogP contribution in [0.25, 0.3) is 0 Å². The number of fused-ring (bicyclic) bond motifs is 1. The number of hydrogen-bond acceptors (Lipinski definition) is 7. The molecule has 0 bridgehead atoms. The highest BCUT2D eigenvalue weighted by atomic mass is 32.2. The largest absolute Gasteiger partial charge is 0.465 e. The van der Waals surface area contributed by atoms with Gasteiger partial charge in [-0.3, -0.25) is 4.79 Å². The minimum Gasteiger partial charge on any atom is -0.465 e. The maximum absolute atomic E-state index is 12.4. The molecule has 2 aromatic heterocycles. The Morgan fingerprint density at radius 1 is 1.35 bits per heavy atom. The van der Waals surface area contributed by atoms with Crippen LogP contribution in [-0.2, 0) is 22.4 Å². The number of carbonyl (C=O) groups is 2. The summed E-state index contributed by atoms with van der Waals surface area (Å²) in [5.41, 5.74) is 1.55. The lowest BCUT2D eigenvalue weighted by atomic mass is 10.1. The molecule has 0 aliphatic heterocycles. The number of esters is 1. The smallest absolute Gasteiger partial charge is 0.341 e. The fraction of sp³-hybridized carbons (Fsp3) is 0.529. The Morgan fingerprint density at radius 3 is 2.81 bits per heavy atom. The highest BCUT2D eigenvalue weighted by Gasteiger charge is 2.28. The number of aryl methyl sites for hydroxylation is 2. The van der Waals surface area contributed by atoms with Gasteiger partial charge in [0.15, 0.2) is 5.16 Å². The van der Waals surface area contributed by atoms with Gasteiger partial charge in [0.25, 0.3) is 0 Å². The summed E-state index contributed by atoms with van der Waals surface area (Å²) in [4.78, 5) is 25.7. The normalized spacial score (nSPS) is 13.1. The molecule has 0 saturated heterocycles. The Bertz CT molecular complexity index is 841. The third kappa shape index (κ3) is 3.64. The number of nitrogens with zero attached hydrogens (tertiary/aromatic N) is 3. The topological polar surface area (TPSA) is 86.1 Å². The number of hydrogen-bond donors (Lipinski definition) is 1. The van der Waals surface area contributed by atoms with E-state index in [9.17, 15) is 9.59 Å². The van der Waals surface area contributed by atoms with Crippen molar-refractivity contribution in [3.8, 4) is 0 Å². The average Bonchev–Trinajstić information content (AvgIpc) is 3.26. The van der Waals surface area contributed by atoms with E-state index >= 15 is 0 Å². The Balaban J connectivity index is 1.71. The van der Waals surface area contributed by atoms with Crippen molar-refractivity contribution in [2.24, 2.45) is 0 Å². The molecule has 1 N–H and O–H groups in total. The van der Waals surface area contributed by atoms with Gasteiger partial charge in [-0.2, -0.15) is 0 Å². The fourth-order valence-electron chi connectivity index (χ4n) is 3.15. The highest BCUT2D eigenvalue weighted by Crippen LogP contribution is 2.39. The van der Waals surface area contributed by atoms with Crippen LogP contribution in [0.4, 0.5) is 5.00 Å². The Kier molecular flexibility index (Phi) is 5.67. The molecule has 9 heteroatoms. The van der Waals surface area contributed by atoms with Crippen LogP contribution in [-0.4, -0.2) is 39.5 Å². The van der Waals surface area contributed by atoms with E-state index in [1.165, 1.54) is 35.1 Å². The minimum atomic E-state index is -0.387. The van der Waals surface area contributed by atoms with Crippen LogP contribution >= 0.6 is 23.1 Å². The Labute approximate surface area is 160 Å². The quantitative estimate of drug-likeness (QED) is 0.598. The molecule has 0 radical (unpaired) electrons. The van der Waals surface area contributed by atoms with Crippen molar-refractivity contribution in [2.45, 2.75) is 51.2 Å². The standard InChI is InChI=1S/C17H22N4O3S2/c1-9(2)21-10(3)19-20-17(21)25-8-13(22)18-15-14(16(23)24-4)11-6-5-7-12(11)26-15/h9H,5-8H2,1-4H3,(H,18,22). The zero-order valence-electron chi connectivity index (χ0n) is 15.3. The summed E-state index contributed by atoms with van der Waals surface area (Å²) in [5, 5.41) is 12.4. The van der Waals surface area contributed by atoms with E-state index in [4.69, 9.17) is 4.74 Å². The summed E-state index contributed by atoms with van der Waals surface area (Å²) >= 11 is 2.82. The molecular weight excluding hydrogens is 372 g/mol. The number of aromatic nitrogens is 3. The van der Waals surface area contributed by atoms with Gasteiger partial charge in [-0.1, -0.05) is 11.8 Å². The molecule has 0 saturated carbocycles. The molecule has 2 heterocycles. The van der Waals surface area contributed by atoms with Crippen LogP contribution in [0.5, 0.6) is 0 Å². The van der Waals surface area contributed by atoms with Gasteiger partial charge < -0.3 is 14.6 Å².